The molecule has 0 saturated carbocycles. The zero-order chi connectivity index (χ0) is 13.1. The standard InChI is InChI=1S/C11H17FN2O2S/c1-11(2,7-13)8-14-17(15,16)10-6-4-3-5-9(10)12/h3-6,14H,7-8,13H2,1-2H3. The molecule has 0 radical (unpaired) electrons. The van der Waals surface area contributed by atoms with E-state index < -0.39 is 15.8 Å². The van der Waals surface area contributed by atoms with Crippen LogP contribution in [0.3, 0.4) is 0 Å². The topological polar surface area (TPSA) is 72.2 Å². The second-order valence-electron chi connectivity index (χ2n) is 4.62. The minimum Gasteiger partial charge on any atom is -0.330 e. The van der Waals surface area contributed by atoms with Gasteiger partial charge in [-0.1, -0.05) is 26.0 Å². The summed E-state index contributed by atoms with van der Waals surface area (Å²) in [5, 5.41) is 0. The van der Waals surface area contributed by atoms with Crippen molar-refractivity contribution < 1.29 is 12.8 Å². The van der Waals surface area contributed by atoms with Gasteiger partial charge in [0.25, 0.3) is 0 Å². The molecule has 1 rings (SSSR count). The predicted molar refractivity (Wildman–Crippen MR) is 64.4 cm³/mol. The third kappa shape index (κ3) is 3.76. The molecule has 17 heavy (non-hydrogen) atoms. The molecule has 6 heteroatoms. The summed E-state index contributed by atoms with van der Waals surface area (Å²) in [6.45, 7) is 4.17. The van der Waals surface area contributed by atoms with E-state index in [1.807, 2.05) is 13.8 Å². The number of benzene rings is 1. The zero-order valence-electron chi connectivity index (χ0n) is 9.90. The molecule has 0 saturated heterocycles. The summed E-state index contributed by atoms with van der Waals surface area (Å²) >= 11 is 0. The van der Waals surface area contributed by atoms with Crippen LogP contribution in [0.2, 0.25) is 0 Å². The van der Waals surface area contributed by atoms with Crippen LogP contribution in [0.15, 0.2) is 29.2 Å². The molecule has 0 unspecified atom stereocenters. The fraction of sp³-hybridized carbons (Fsp3) is 0.455. The van der Waals surface area contributed by atoms with Crippen molar-refractivity contribution in [2.75, 3.05) is 13.1 Å². The lowest BCUT2D eigenvalue weighted by molar-refractivity contribution is 0.375. The maximum absolute atomic E-state index is 13.3. The Morgan fingerprint density at radius 2 is 1.94 bits per heavy atom. The smallest absolute Gasteiger partial charge is 0.243 e. The summed E-state index contributed by atoms with van der Waals surface area (Å²) in [5.74, 6) is -0.759. The van der Waals surface area contributed by atoms with Crippen LogP contribution in [0, 0.1) is 11.2 Å². The Labute approximate surface area is 101 Å². The average Bonchev–Trinajstić information content (AvgIpc) is 2.27. The molecule has 1 aromatic rings. The normalized spacial score (nSPS) is 12.7. The van der Waals surface area contributed by atoms with Gasteiger partial charge in [-0.25, -0.2) is 17.5 Å². The third-order valence-corrected chi connectivity index (χ3v) is 3.85. The summed E-state index contributed by atoms with van der Waals surface area (Å²) in [5.41, 5.74) is 5.13. The van der Waals surface area contributed by atoms with Crippen LogP contribution >= 0.6 is 0 Å². The van der Waals surface area contributed by atoms with Gasteiger partial charge in [0.15, 0.2) is 0 Å². The van der Waals surface area contributed by atoms with Crippen molar-refractivity contribution in [1.82, 2.24) is 4.72 Å². The Morgan fingerprint density at radius 3 is 2.47 bits per heavy atom. The Morgan fingerprint density at radius 1 is 1.35 bits per heavy atom. The minimum atomic E-state index is -3.81. The van der Waals surface area contributed by atoms with E-state index in [1.54, 1.807) is 0 Å². The lowest BCUT2D eigenvalue weighted by atomic mass is 9.95. The van der Waals surface area contributed by atoms with Crippen LogP contribution in [0.1, 0.15) is 13.8 Å². The fourth-order valence-corrected chi connectivity index (χ4v) is 2.42. The number of halogens is 1. The molecule has 0 spiro atoms. The molecule has 4 nitrogen and oxygen atoms in total. The van der Waals surface area contributed by atoms with Crippen molar-refractivity contribution in [3.8, 4) is 0 Å². The summed E-state index contributed by atoms with van der Waals surface area (Å²) in [6.07, 6.45) is 0. The van der Waals surface area contributed by atoms with Gasteiger partial charge in [0, 0.05) is 6.54 Å². The van der Waals surface area contributed by atoms with Crippen LogP contribution in [0.4, 0.5) is 4.39 Å². The Balaban J connectivity index is 2.88. The first-order valence-electron chi connectivity index (χ1n) is 5.23. The molecule has 0 aliphatic rings. The third-order valence-electron chi connectivity index (χ3n) is 2.42. The molecule has 0 aliphatic carbocycles. The molecule has 0 amide bonds. The van der Waals surface area contributed by atoms with Gasteiger partial charge in [-0.05, 0) is 24.1 Å². The Hall–Kier alpha value is -0.980. The highest BCUT2D eigenvalue weighted by Crippen LogP contribution is 2.16. The average molecular weight is 260 g/mol. The van der Waals surface area contributed by atoms with E-state index in [2.05, 4.69) is 4.72 Å². The van der Waals surface area contributed by atoms with Gasteiger partial charge < -0.3 is 5.73 Å². The number of hydrogen-bond donors (Lipinski definition) is 2. The van der Waals surface area contributed by atoms with Gasteiger partial charge in [-0.2, -0.15) is 0 Å². The first kappa shape index (κ1) is 14.1. The molecule has 96 valence electrons. The van der Waals surface area contributed by atoms with E-state index in [0.29, 0.717) is 6.54 Å². The highest BCUT2D eigenvalue weighted by Gasteiger charge is 2.22. The van der Waals surface area contributed by atoms with Crippen molar-refractivity contribution in [3.05, 3.63) is 30.1 Å². The van der Waals surface area contributed by atoms with Crippen molar-refractivity contribution in [2.24, 2.45) is 11.1 Å². The van der Waals surface area contributed by atoms with E-state index in [4.69, 9.17) is 5.73 Å². The highest BCUT2D eigenvalue weighted by atomic mass is 32.2. The van der Waals surface area contributed by atoms with E-state index in [0.717, 1.165) is 6.07 Å². The van der Waals surface area contributed by atoms with Gasteiger partial charge in [-0.3, -0.25) is 0 Å². The highest BCUT2D eigenvalue weighted by molar-refractivity contribution is 7.89. The Kier molecular flexibility index (Phi) is 4.24. The molecule has 3 N–H and O–H groups in total. The lowest BCUT2D eigenvalue weighted by Gasteiger charge is -2.22. The van der Waals surface area contributed by atoms with Gasteiger partial charge in [0.1, 0.15) is 10.7 Å². The molecular formula is C11H17FN2O2S. The van der Waals surface area contributed by atoms with E-state index in [9.17, 15) is 12.8 Å². The molecule has 0 fully saturated rings. The second-order valence-corrected chi connectivity index (χ2v) is 6.36. The molecule has 0 bridgehead atoms. The van der Waals surface area contributed by atoms with Crippen molar-refractivity contribution in [3.63, 3.8) is 0 Å². The number of hydrogen-bond acceptors (Lipinski definition) is 3. The number of nitrogens with two attached hydrogens (primary N) is 1. The first-order chi connectivity index (χ1) is 7.78. The maximum Gasteiger partial charge on any atom is 0.243 e. The monoisotopic (exact) mass is 260 g/mol. The largest absolute Gasteiger partial charge is 0.330 e. The van der Waals surface area contributed by atoms with E-state index in [1.165, 1.54) is 18.2 Å². The van der Waals surface area contributed by atoms with Gasteiger partial charge >= 0.3 is 0 Å². The van der Waals surface area contributed by atoms with Crippen molar-refractivity contribution in [1.29, 1.82) is 0 Å². The maximum atomic E-state index is 13.3. The molecule has 0 atom stereocenters. The molecule has 0 aliphatic heterocycles. The molecule has 0 aromatic heterocycles. The number of rotatable bonds is 5. The van der Waals surface area contributed by atoms with Gasteiger partial charge in [0.05, 0.1) is 0 Å². The molecule has 0 heterocycles. The minimum absolute atomic E-state index is 0.167. The van der Waals surface area contributed by atoms with E-state index in [-0.39, 0.29) is 16.9 Å². The van der Waals surface area contributed by atoms with Gasteiger partial charge in [0.2, 0.25) is 10.0 Å². The van der Waals surface area contributed by atoms with E-state index >= 15 is 0 Å². The number of nitrogens with one attached hydrogen (secondary N) is 1. The Bertz CT molecular complexity index is 486. The van der Waals surface area contributed by atoms with Crippen LogP contribution in [-0.2, 0) is 10.0 Å². The predicted octanol–water partition coefficient (Wildman–Crippen LogP) is 1.09. The first-order valence-corrected chi connectivity index (χ1v) is 6.71. The SMILES string of the molecule is CC(C)(CN)CNS(=O)(=O)c1ccccc1F. The summed E-state index contributed by atoms with van der Waals surface area (Å²) in [7, 11) is -3.81. The van der Waals surface area contributed by atoms with Crippen molar-refractivity contribution in [2.45, 2.75) is 18.7 Å². The van der Waals surface area contributed by atoms with Crippen LogP contribution in [0.25, 0.3) is 0 Å². The molecular weight excluding hydrogens is 243 g/mol. The van der Waals surface area contributed by atoms with Gasteiger partial charge in [-0.15, -0.1) is 0 Å². The fourth-order valence-electron chi connectivity index (χ4n) is 1.10. The summed E-state index contributed by atoms with van der Waals surface area (Å²) in [6, 6.07) is 5.26. The zero-order valence-corrected chi connectivity index (χ0v) is 10.7. The second kappa shape index (κ2) is 5.12. The van der Waals surface area contributed by atoms with Crippen LogP contribution < -0.4 is 10.5 Å². The summed E-state index contributed by atoms with van der Waals surface area (Å²) < 4.78 is 39.4. The number of sulfonamides is 1. The van der Waals surface area contributed by atoms with Crippen LogP contribution in [-0.4, -0.2) is 21.5 Å². The van der Waals surface area contributed by atoms with Crippen LogP contribution in [0.5, 0.6) is 0 Å². The lowest BCUT2D eigenvalue weighted by Crippen LogP contribution is -2.38. The summed E-state index contributed by atoms with van der Waals surface area (Å²) in [4.78, 5) is -0.340. The quantitative estimate of drug-likeness (QED) is 0.832. The van der Waals surface area contributed by atoms with Crippen molar-refractivity contribution >= 4 is 10.0 Å². The molecule has 1 aromatic carbocycles.